The molecule has 1 saturated heterocycles. The number of nitrogens with zero attached hydrogens (tertiary/aromatic N) is 1. The smallest absolute Gasteiger partial charge is 0.246 e. The summed E-state index contributed by atoms with van der Waals surface area (Å²) in [6.07, 6.45) is 4.80. The predicted molar refractivity (Wildman–Crippen MR) is 80.1 cm³/mol. The normalized spacial score (nSPS) is 26.8. The average molecular weight is 333 g/mol. The summed E-state index contributed by atoms with van der Waals surface area (Å²) in [6.45, 7) is 0.440. The van der Waals surface area contributed by atoms with Gasteiger partial charge < -0.3 is 5.73 Å². The summed E-state index contributed by atoms with van der Waals surface area (Å²) in [5, 5.41) is -0.256. The molecule has 0 spiro atoms. The van der Waals surface area contributed by atoms with Crippen LogP contribution in [-0.4, -0.2) is 25.3 Å². The van der Waals surface area contributed by atoms with Crippen LogP contribution in [-0.2, 0) is 10.0 Å². The summed E-state index contributed by atoms with van der Waals surface area (Å²) in [6, 6.07) is 2.38. The molecule has 116 valence electrons. The van der Waals surface area contributed by atoms with Crippen LogP contribution in [0.5, 0.6) is 0 Å². The van der Waals surface area contributed by atoms with Crippen LogP contribution in [0.15, 0.2) is 17.0 Å². The number of fused-ring (bicyclic) bond motifs is 1. The van der Waals surface area contributed by atoms with Crippen LogP contribution < -0.4 is 5.73 Å². The minimum atomic E-state index is -3.90. The van der Waals surface area contributed by atoms with Gasteiger partial charge in [-0.2, -0.15) is 4.31 Å². The van der Waals surface area contributed by atoms with Gasteiger partial charge in [0.1, 0.15) is 4.90 Å². The summed E-state index contributed by atoms with van der Waals surface area (Å²) in [7, 11) is -3.90. The lowest BCUT2D eigenvalue weighted by Crippen LogP contribution is -2.46. The number of piperidine rings is 1. The van der Waals surface area contributed by atoms with E-state index in [-0.39, 0.29) is 16.8 Å². The molecule has 2 fully saturated rings. The van der Waals surface area contributed by atoms with Crippen molar-refractivity contribution < 1.29 is 12.8 Å². The summed E-state index contributed by atoms with van der Waals surface area (Å²) in [5.74, 6) is -0.515. The maximum absolute atomic E-state index is 14.2. The van der Waals surface area contributed by atoms with Crippen LogP contribution in [0.25, 0.3) is 0 Å². The van der Waals surface area contributed by atoms with E-state index >= 15 is 0 Å². The number of anilines is 1. The number of nitrogens with two attached hydrogens (primary N) is 1. The second kappa shape index (κ2) is 5.41. The summed E-state index contributed by atoms with van der Waals surface area (Å²) in [5.41, 5.74) is 5.78. The molecule has 1 aliphatic carbocycles. The molecule has 1 aromatic carbocycles. The van der Waals surface area contributed by atoms with Crippen LogP contribution in [0.3, 0.4) is 0 Å². The minimum Gasteiger partial charge on any atom is -0.399 e. The second-order valence-electron chi connectivity index (χ2n) is 5.83. The van der Waals surface area contributed by atoms with Crippen molar-refractivity contribution in [3.63, 3.8) is 0 Å². The molecular weight excluding hydrogens is 315 g/mol. The molecule has 4 nitrogen and oxygen atoms in total. The molecule has 7 heteroatoms. The van der Waals surface area contributed by atoms with Gasteiger partial charge in [-0.05, 0) is 43.7 Å². The Morgan fingerprint density at radius 1 is 1.24 bits per heavy atom. The largest absolute Gasteiger partial charge is 0.399 e. The summed E-state index contributed by atoms with van der Waals surface area (Å²) >= 11 is 5.74. The van der Waals surface area contributed by atoms with E-state index in [1.165, 1.54) is 10.4 Å². The third-order valence-electron chi connectivity index (χ3n) is 4.55. The Kier molecular flexibility index (Phi) is 3.88. The van der Waals surface area contributed by atoms with Gasteiger partial charge in [0.25, 0.3) is 0 Å². The third kappa shape index (κ3) is 2.53. The van der Waals surface area contributed by atoms with E-state index in [0.29, 0.717) is 12.5 Å². The van der Waals surface area contributed by atoms with Crippen molar-refractivity contribution >= 4 is 27.3 Å². The number of sulfonamides is 1. The highest BCUT2D eigenvalue weighted by Gasteiger charge is 2.42. The van der Waals surface area contributed by atoms with Crippen molar-refractivity contribution in [3.05, 3.63) is 23.0 Å². The van der Waals surface area contributed by atoms with Gasteiger partial charge in [0.2, 0.25) is 10.0 Å². The van der Waals surface area contributed by atoms with Crippen LogP contribution >= 0.6 is 11.6 Å². The topological polar surface area (TPSA) is 63.4 Å². The van der Waals surface area contributed by atoms with E-state index in [1.54, 1.807) is 0 Å². The zero-order valence-electron chi connectivity index (χ0n) is 11.6. The Bertz CT molecular complexity index is 665. The van der Waals surface area contributed by atoms with Gasteiger partial charge in [0.05, 0.1) is 5.02 Å². The third-order valence-corrected chi connectivity index (χ3v) is 6.74. The van der Waals surface area contributed by atoms with Crippen molar-refractivity contribution in [1.82, 2.24) is 4.31 Å². The first-order valence-corrected chi connectivity index (χ1v) is 8.99. The molecule has 1 saturated carbocycles. The molecule has 3 rings (SSSR count). The number of rotatable bonds is 2. The Hall–Kier alpha value is -0.850. The van der Waals surface area contributed by atoms with Crippen molar-refractivity contribution in [2.45, 2.75) is 43.0 Å². The van der Waals surface area contributed by atoms with Gasteiger partial charge in [-0.15, -0.1) is 0 Å². The van der Waals surface area contributed by atoms with Gasteiger partial charge in [0, 0.05) is 18.3 Å². The molecule has 0 amide bonds. The molecule has 0 radical (unpaired) electrons. The fourth-order valence-electron chi connectivity index (χ4n) is 3.60. The average Bonchev–Trinajstić information content (AvgIpc) is 2.90. The standard InChI is InChI=1S/C14H18ClFN2O2S/c15-11-7-10(17)8-13(14(11)16)21(19,20)18-6-2-4-9-3-1-5-12(9)18/h7-9,12H,1-6,17H2. The Labute approximate surface area is 129 Å². The fourth-order valence-corrected chi connectivity index (χ4v) is 5.77. The van der Waals surface area contributed by atoms with E-state index in [1.807, 2.05) is 0 Å². The lowest BCUT2D eigenvalue weighted by molar-refractivity contribution is 0.201. The molecule has 1 aliphatic heterocycles. The molecule has 2 aliphatic rings. The van der Waals surface area contributed by atoms with E-state index in [2.05, 4.69) is 0 Å². The number of benzene rings is 1. The van der Waals surface area contributed by atoms with E-state index < -0.39 is 20.7 Å². The molecule has 2 N–H and O–H groups in total. The summed E-state index contributed by atoms with van der Waals surface area (Å²) < 4.78 is 41.3. The highest BCUT2D eigenvalue weighted by atomic mass is 35.5. The quantitative estimate of drug-likeness (QED) is 0.847. The SMILES string of the molecule is Nc1cc(Cl)c(F)c(S(=O)(=O)N2CCCC3CCCC32)c1. The zero-order valence-corrected chi connectivity index (χ0v) is 13.1. The zero-order chi connectivity index (χ0) is 15.2. The molecule has 1 heterocycles. The highest BCUT2D eigenvalue weighted by molar-refractivity contribution is 7.89. The lowest BCUT2D eigenvalue weighted by Gasteiger charge is -2.36. The summed E-state index contributed by atoms with van der Waals surface area (Å²) in [4.78, 5) is -0.403. The Morgan fingerprint density at radius 2 is 1.95 bits per heavy atom. The Balaban J connectivity index is 2.04. The highest BCUT2D eigenvalue weighted by Crippen LogP contribution is 2.40. The molecule has 0 bridgehead atoms. The number of halogens is 2. The monoisotopic (exact) mass is 332 g/mol. The van der Waals surface area contributed by atoms with Crippen LogP contribution in [0.4, 0.5) is 10.1 Å². The minimum absolute atomic E-state index is 0.0108. The predicted octanol–water partition coefficient (Wildman–Crippen LogP) is 3.01. The first-order chi connectivity index (χ1) is 9.91. The first-order valence-electron chi connectivity index (χ1n) is 7.17. The van der Waals surface area contributed by atoms with Gasteiger partial charge in [-0.3, -0.25) is 0 Å². The van der Waals surface area contributed by atoms with Gasteiger partial charge in [-0.25, -0.2) is 12.8 Å². The molecular formula is C14H18ClFN2O2S. The van der Waals surface area contributed by atoms with Crippen LogP contribution in [0.2, 0.25) is 5.02 Å². The van der Waals surface area contributed by atoms with Crippen molar-refractivity contribution in [3.8, 4) is 0 Å². The van der Waals surface area contributed by atoms with Crippen LogP contribution in [0, 0.1) is 11.7 Å². The van der Waals surface area contributed by atoms with Gasteiger partial charge in [-0.1, -0.05) is 18.0 Å². The van der Waals surface area contributed by atoms with Crippen molar-refractivity contribution in [1.29, 1.82) is 0 Å². The Morgan fingerprint density at radius 3 is 2.71 bits per heavy atom. The second-order valence-corrected chi connectivity index (χ2v) is 8.10. The maximum atomic E-state index is 14.2. The molecule has 1 aromatic rings. The van der Waals surface area contributed by atoms with Crippen LogP contribution in [0.1, 0.15) is 32.1 Å². The fraction of sp³-hybridized carbons (Fsp3) is 0.571. The van der Waals surface area contributed by atoms with Crippen molar-refractivity contribution in [2.75, 3.05) is 12.3 Å². The molecule has 2 atom stereocenters. The molecule has 21 heavy (non-hydrogen) atoms. The molecule has 2 unspecified atom stereocenters. The van der Waals surface area contributed by atoms with Gasteiger partial charge >= 0.3 is 0 Å². The first kappa shape index (κ1) is 15.1. The van der Waals surface area contributed by atoms with E-state index in [0.717, 1.165) is 38.2 Å². The van der Waals surface area contributed by atoms with Gasteiger partial charge in [0.15, 0.2) is 5.82 Å². The molecule has 0 aromatic heterocycles. The number of hydrogen-bond donors (Lipinski definition) is 1. The number of hydrogen-bond acceptors (Lipinski definition) is 3. The van der Waals surface area contributed by atoms with E-state index in [4.69, 9.17) is 17.3 Å². The van der Waals surface area contributed by atoms with E-state index in [9.17, 15) is 12.8 Å². The number of nitrogen functional groups attached to an aromatic ring is 1. The lowest BCUT2D eigenvalue weighted by atomic mass is 9.94. The maximum Gasteiger partial charge on any atom is 0.246 e. The van der Waals surface area contributed by atoms with Crippen molar-refractivity contribution in [2.24, 2.45) is 5.92 Å².